The molecule has 80 valence electrons. The predicted octanol–water partition coefficient (Wildman–Crippen LogP) is -1.42. The topological polar surface area (TPSA) is 101 Å². The molecule has 0 radical (unpaired) electrons. The molecule has 0 bridgehead atoms. The summed E-state index contributed by atoms with van der Waals surface area (Å²) in [6.07, 6.45) is 0. The zero-order valence-electron chi connectivity index (χ0n) is 7.93. The molecule has 1 heterocycles. The Labute approximate surface area is 82.3 Å². The van der Waals surface area contributed by atoms with Gasteiger partial charge in [-0.15, -0.1) is 0 Å². The standard InChI is InChI=1S/C8H16N4O2/c9-7-1-2-8(12(7)10)11(3-5-13)4-6-14/h1-2,13-14H,3-6,9-10H2. The van der Waals surface area contributed by atoms with Gasteiger partial charge in [0.15, 0.2) is 0 Å². The van der Waals surface area contributed by atoms with E-state index in [9.17, 15) is 0 Å². The van der Waals surface area contributed by atoms with Gasteiger partial charge in [-0.2, -0.15) is 0 Å². The van der Waals surface area contributed by atoms with Crippen molar-refractivity contribution in [2.75, 3.05) is 42.8 Å². The van der Waals surface area contributed by atoms with Crippen LogP contribution in [0, 0.1) is 0 Å². The lowest BCUT2D eigenvalue weighted by Gasteiger charge is -2.22. The minimum atomic E-state index is 0.00504. The molecule has 0 fully saturated rings. The molecule has 1 aromatic heterocycles. The van der Waals surface area contributed by atoms with Crippen LogP contribution in [0.25, 0.3) is 0 Å². The first-order chi connectivity index (χ1) is 6.70. The normalized spacial score (nSPS) is 10.4. The van der Waals surface area contributed by atoms with Gasteiger partial charge >= 0.3 is 0 Å². The lowest BCUT2D eigenvalue weighted by atomic mass is 10.4. The number of aliphatic hydroxyl groups is 2. The molecule has 0 atom stereocenters. The van der Waals surface area contributed by atoms with Gasteiger partial charge < -0.3 is 26.7 Å². The fourth-order valence-electron chi connectivity index (χ4n) is 1.29. The molecular formula is C8H16N4O2. The number of nitrogen functional groups attached to an aromatic ring is 2. The van der Waals surface area contributed by atoms with Crippen LogP contribution in [-0.2, 0) is 0 Å². The summed E-state index contributed by atoms with van der Waals surface area (Å²) in [5.74, 6) is 6.78. The number of nitrogens with zero attached hydrogens (tertiary/aromatic N) is 2. The number of nitrogens with two attached hydrogens (primary N) is 2. The monoisotopic (exact) mass is 200 g/mol. The minimum absolute atomic E-state index is 0.00504. The minimum Gasteiger partial charge on any atom is -0.395 e. The van der Waals surface area contributed by atoms with Crippen LogP contribution in [0.5, 0.6) is 0 Å². The van der Waals surface area contributed by atoms with Gasteiger partial charge in [0.1, 0.15) is 11.6 Å². The zero-order chi connectivity index (χ0) is 10.6. The Balaban J connectivity index is 2.81. The second-order valence-electron chi connectivity index (χ2n) is 2.92. The van der Waals surface area contributed by atoms with Crippen molar-refractivity contribution in [3.63, 3.8) is 0 Å². The van der Waals surface area contributed by atoms with Crippen molar-refractivity contribution < 1.29 is 10.2 Å². The maximum absolute atomic E-state index is 8.82. The Morgan fingerprint density at radius 2 is 1.79 bits per heavy atom. The first-order valence-corrected chi connectivity index (χ1v) is 4.39. The quantitative estimate of drug-likeness (QED) is 0.437. The first-order valence-electron chi connectivity index (χ1n) is 4.39. The molecule has 0 unspecified atom stereocenters. The van der Waals surface area contributed by atoms with Crippen LogP contribution in [0.3, 0.4) is 0 Å². The lowest BCUT2D eigenvalue weighted by molar-refractivity contribution is 0.280. The van der Waals surface area contributed by atoms with Crippen molar-refractivity contribution in [1.82, 2.24) is 4.68 Å². The lowest BCUT2D eigenvalue weighted by Crippen LogP contribution is -2.33. The maximum atomic E-state index is 8.82. The summed E-state index contributed by atoms with van der Waals surface area (Å²) >= 11 is 0. The molecule has 0 spiro atoms. The Morgan fingerprint density at radius 1 is 1.21 bits per heavy atom. The van der Waals surface area contributed by atoms with Crippen molar-refractivity contribution in [2.45, 2.75) is 0 Å². The van der Waals surface area contributed by atoms with Gasteiger partial charge in [-0.25, -0.2) is 4.68 Å². The molecule has 6 nitrogen and oxygen atoms in total. The number of aromatic nitrogens is 1. The summed E-state index contributed by atoms with van der Waals surface area (Å²) < 4.78 is 1.32. The van der Waals surface area contributed by atoms with Gasteiger partial charge in [-0.05, 0) is 12.1 Å². The maximum Gasteiger partial charge on any atom is 0.129 e. The Hall–Kier alpha value is -1.40. The average Bonchev–Trinajstić information content (AvgIpc) is 2.48. The van der Waals surface area contributed by atoms with Gasteiger partial charge in [0.25, 0.3) is 0 Å². The third-order valence-electron chi connectivity index (χ3n) is 1.99. The van der Waals surface area contributed by atoms with E-state index in [1.165, 1.54) is 4.68 Å². The van der Waals surface area contributed by atoms with E-state index in [-0.39, 0.29) is 13.2 Å². The predicted molar refractivity (Wildman–Crippen MR) is 55.4 cm³/mol. The van der Waals surface area contributed by atoms with Crippen molar-refractivity contribution >= 4 is 11.6 Å². The molecule has 1 aromatic rings. The molecule has 6 N–H and O–H groups in total. The fraction of sp³-hybridized carbons (Fsp3) is 0.500. The smallest absolute Gasteiger partial charge is 0.129 e. The van der Waals surface area contributed by atoms with Crippen LogP contribution in [0.2, 0.25) is 0 Å². The van der Waals surface area contributed by atoms with Gasteiger partial charge in [0.05, 0.1) is 13.2 Å². The van der Waals surface area contributed by atoms with E-state index in [2.05, 4.69) is 0 Å². The van der Waals surface area contributed by atoms with E-state index < -0.39 is 0 Å². The number of hydrogen-bond donors (Lipinski definition) is 4. The number of anilines is 2. The molecule has 0 amide bonds. The number of rotatable bonds is 5. The van der Waals surface area contributed by atoms with Crippen LogP contribution < -0.4 is 16.5 Å². The van der Waals surface area contributed by atoms with Gasteiger partial charge in [0, 0.05) is 13.1 Å². The second kappa shape index (κ2) is 4.73. The number of hydrogen-bond acceptors (Lipinski definition) is 5. The highest BCUT2D eigenvalue weighted by Crippen LogP contribution is 2.16. The van der Waals surface area contributed by atoms with Gasteiger partial charge in [-0.1, -0.05) is 0 Å². The Bertz CT molecular complexity index is 281. The highest BCUT2D eigenvalue weighted by atomic mass is 16.3. The van der Waals surface area contributed by atoms with E-state index in [1.54, 1.807) is 17.0 Å². The van der Waals surface area contributed by atoms with Crippen molar-refractivity contribution in [3.05, 3.63) is 12.1 Å². The Kier molecular flexibility index (Phi) is 3.61. The molecule has 6 heteroatoms. The second-order valence-corrected chi connectivity index (χ2v) is 2.92. The van der Waals surface area contributed by atoms with Crippen molar-refractivity contribution in [3.8, 4) is 0 Å². The van der Waals surface area contributed by atoms with E-state index in [0.29, 0.717) is 24.7 Å². The van der Waals surface area contributed by atoms with Crippen LogP contribution >= 0.6 is 0 Å². The summed E-state index contributed by atoms with van der Waals surface area (Å²) in [7, 11) is 0. The summed E-state index contributed by atoms with van der Waals surface area (Å²) in [6.45, 7) is 0.846. The van der Waals surface area contributed by atoms with Crippen molar-refractivity contribution in [1.29, 1.82) is 0 Å². The van der Waals surface area contributed by atoms with Crippen LogP contribution in [0.4, 0.5) is 11.6 Å². The van der Waals surface area contributed by atoms with Crippen LogP contribution in [-0.4, -0.2) is 41.2 Å². The summed E-state index contributed by atoms with van der Waals surface area (Å²) in [5, 5.41) is 17.6. The van der Waals surface area contributed by atoms with Crippen molar-refractivity contribution in [2.24, 2.45) is 0 Å². The Morgan fingerprint density at radius 3 is 2.14 bits per heavy atom. The molecule has 14 heavy (non-hydrogen) atoms. The summed E-state index contributed by atoms with van der Waals surface area (Å²) in [6, 6.07) is 3.43. The molecule has 0 saturated heterocycles. The molecule has 0 aliphatic heterocycles. The molecule has 0 aliphatic rings. The molecule has 0 aliphatic carbocycles. The third-order valence-corrected chi connectivity index (χ3v) is 1.99. The molecule has 1 rings (SSSR count). The van der Waals surface area contributed by atoms with Gasteiger partial charge in [0.2, 0.25) is 0 Å². The molecule has 0 saturated carbocycles. The van der Waals surface area contributed by atoms with E-state index in [1.807, 2.05) is 0 Å². The van der Waals surface area contributed by atoms with Crippen LogP contribution in [0.1, 0.15) is 0 Å². The average molecular weight is 200 g/mol. The SMILES string of the molecule is Nc1ccc(N(CCO)CCO)n1N. The number of aliphatic hydroxyl groups excluding tert-OH is 2. The first kappa shape index (κ1) is 10.7. The van der Waals surface area contributed by atoms with E-state index in [4.69, 9.17) is 21.8 Å². The zero-order valence-corrected chi connectivity index (χ0v) is 7.93. The summed E-state index contributed by atoms with van der Waals surface area (Å²) in [4.78, 5) is 1.76. The summed E-state index contributed by atoms with van der Waals surface area (Å²) in [5.41, 5.74) is 5.56. The highest BCUT2D eigenvalue weighted by Gasteiger charge is 2.10. The fourth-order valence-corrected chi connectivity index (χ4v) is 1.29. The molecular weight excluding hydrogens is 184 g/mol. The van der Waals surface area contributed by atoms with Gasteiger partial charge in [-0.3, -0.25) is 0 Å². The molecule has 0 aromatic carbocycles. The van der Waals surface area contributed by atoms with Crippen LogP contribution in [0.15, 0.2) is 12.1 Å². The highest BCUT2D eigenvalue weighted by molar-refractivity contribution is 5.50. The third kappa shape index (κ3) is 2.09. The van der Waals surface area contributed by atoms with E-state index >= 15 is 0 Å². The van der Waals surface area contributed by atoms with E-state index in [0.717, 1.165) is 0 Å². The largest absolute Gasteiger partial charge is 0.395 e.